The van der Waals surface area contributed by atoms with Crippen LogP contribution in [0.3, 0.4) is 0 Å². The summed E-state index contributed by atoms with van der Waals surface area (Å²) in [6, 6.07) is 12.6. The van der Waals surface area contributed by atoms with Crippen LogP contribution in [0.5, 0.6) is 5.75 Å². The topological polar surface area (TPSA) is 38.3 Å². The number of hydrogen-bond donors (Lipinski definition) is 1. The molecule has 0 aromatic heterocycles. The summed E-state index contributed by atoms with van der Waals surface area (Å²) in [4.78, 5) is 11.8. The average Bonchev–Trinajstić information content (AvgIpc) is 2.45. The van der Waals surface area contributed by atoms with E-state index in [1.54, 1.807) is 18.2 Å². The third kappa shape index (κ3) is 4.66. The Labute approximate surface area is 133 Å². The van der Waals surface area contributed by atoms with Gasteiger partial charge in [0.15, 0.2) is 0 Å². The van der Waals surface area contributed by atoms with Crippen LogP contribution in [0.4, 0.5) is 5.69 Å². The maximum Gasteiger partial charge on any atom is 0.227 e. The number of para-hydroxylation sites is 1. The minimum atomic E-state index is -0.137. The van der Waals surface area contributed by atoms with E-state index in [1.807, 2.05) is 31.2 Å². The number of halogens is 2. The van der Waals surface area contributed by atoms with Gasteiger partial charge in [-0.3, -0.25) is 4.79 Å². The molecule has 0 spiro atoms. The van der Waals surface area contributed by atoms with Crippen molar-refractivity contribution in [3.05, 3.63) is 58.1 Å². The summed E-state index contributed by atoms with van der Waals surface area (Å²) in [6.07, 6.45) is 0.233. The quantitative estimate of drug-likeness (QED) is 0.865. The molecule has 0 radical (unpaired) electrons. The number of ether oxygens (including phenoxy) is 1. The summed E-state index contributed by atoms with van der Waals surface area (Å²) in [7, 11) is 0. The van der Waals surface area contributed by atoms with E-state index in [0.29, 0.717) is 21.5 Å². The van der Waals surface area contributed by atoms with Crippen molar-refractivity contribution in [2.75, 3.05) is 11.9 Å². The number of carbonyl (C=O) groups is 1. The van der Waals surface area contributed by atoms with Crippen molar-refractivity contribution in [1.82, 2.24) is 0 Å². The van der Waals surface area contributed by atoms with E-state index in [0.717, 1.165) is 5.56 Å². The molecule has 110 valence electrons. The minimum absolute atomic E-state index is 0.137. The van der Waals surface area contributed by atoms with E-state index < -0.39 is 0 Å². The lowest BCUT2D eigenvalue weighted by Crippen LogP contribution is -2.15. The highest BCUT2D eigenvalue weighted by atomic mass is 35.5. The molecule has 0 heterocycles. The molecule has 2 aromatic rings. The van der Waals surface area contributed by atoms with Crippen LogP contribution in [-0.2, 0) is 4.79 Å². The van der Waals surface area contributed by atoms with Gasteiger partial charge in [0.1, 0.15) is 5.75 Å². The number of aryl methyl sites for hydroxylation is 1. The molecule has 1 amide bonds. The van der Waals surface area contributed by atoms with Gasteiger partial charge < -0.3 is 10.1 Å². The largest absolute Gasteiger partial charge is 0.491 e. The highest BCUT2D eigenvalue weighted by Gasteiger charge is 2.06. The van der Waals surface area contributed by atoms with Gasteiger partial charge in [-0.15, -0.1) is 0 Å². The summed E-state index contributed by atoms with van der Waals surface area (Å²) in [5, 5.41) is 3.93. The zero-order valence-corrected chi connectivity index (χ0v) is 13.0. The van der Waals surface area contributed by atoms with Crippen molar-refractivity contribution < 1.29 is 9.53 Å². The first-order valence-corrected chi connectivity index (χ1v) is 7.25. The third-order valence-corrected chi connectivity index (χ3v) is 3.60. The summed E-state index contributed by atoms with van der Waals surface area (Å²) >= 11 is 12.0. The summed E-state index contributed by atoms with van der Waals surface area (Å²) < 4.78 is 5.47. The van der Waals surface area contributed by atoms with Crippen LogP contribution in [0.15, 0.2) is 42.5 Å². The van der Waals surface area contributed by atoms with Crippen molar-refractivity contribution in [2.45, 2.75) is 13.3 Å². The van der Waals surface area contributed by atoms with Crippen molar-refractivity contribution in [1.29, 1.82) is 0 Å². The molecule has 0 saturated heterocycles. The van der Waals surface area contributed by atoms with Crippen LogP contribution < -0.4 is 10.1 Å². The molecule has 0 bridgehead atoms. The maximum absolute atomic E-state index is 11.8. The fourth-order valence-corrected chi connectivity index (χ4v) is 2.08. The number of anilines is 1. The first kappa shape index (κ1) is 15.7. The molecule has 5 heteroatoms. The zero-order chi connectivity index (χ0) is 15.2. The van der Waals surface area contributed by atoms with E-state index in [1.165, 1.54) is 0 Å². The summed E-state index contributed by atoms with van der Waals surface area (Å²) in [5.74, 6) is 0.437. The first-order valence-electron chi connectivity index (χ1n) is 6.49. The predicted octanol–water partition coefficient (Wildman–Crippen LogP) is 4.71. The highest BCUT2D eigenvalue weighted by Crippen LogP contribution is 2.23. The number of nitrogens with one attached hydrogen (secondary N) is 1. The predicted molar refractivity (Wildman–Crippen MR) is 86.4 cm³/mol. The van der Waals surface area contributed by atoms with Gasteiger partial charge in [0.25, 0.3) is 0 Å². The van der Waals surface area contributed by atoms with Crippen LogP contribution >= 0.6 is 23.2 Å². The zero-order valence-electron chi connectivity index (χ0n) is 11.5. The number of hydrogen-bond acceptors (Lipinski definition) is 2. The maximum atomic E-state index is 11.8. The monoisotopic (exact) mass is 323 g/mol. The van der Waals surface area contributed by atoms with Gasteiger partial charge in [0.2, 0.25) is 5.91 Å². The van der Waals surface area contributed by atoms with Gasteiger partial charge in [-0.2, -0.15) is 0 Å². The molecule has 2 rings (SSSR count). The fourth-order valence-electron chi connectivity index (χ4n) is 1.71. The van der Waals surface area contributed by atoms with Crippen LogP contribution in [0, 0.1) is 6.92 Å². The average molecular weight is 324 g/mol. The van der Waals surface area contributed by atoms with E-state index >= 15 is 0 Å². The number of benzene rings is 2. The van der Waals surface area contributed by atoms with Gasteiger partial charge in [-0.1, -0.05) is 41.4 Å². The minimum Gasteiger partial charge on any atom is -0.491 e. The van der Waals surface area contributed by atoms with Crippen molar-refractivity contribution in [3.63, 3.8) is 0 Å². The molecular weight excluding hydrogens is 309 g/mol. The lowest BCUT2D eigenvalue weighted by atomic mass is 10.2. The van der Waals surface area contributed by atoms with Gasteiger partial charge in [0, 0.05) is 10.7 Å². The van der Waals surface area contributed by atoms with Crippen LogP contribution in [0.25, 0.3) is 0 Å². The second kappa shape index (κ2) is 7.34. The standard InChI is InChI=1S/C16H15Cl2NO2/c1-11-6-7-12(10-14(11)18)19-16(20)8-9-21-15-5-3-2-4-13(15)17/h2-7,10H,8-9H2,1H3,(H,19,20). The molecule has 0 aliphatic heterocycles. The lowest BCUT2D eigenvalue weighted by Gasteiger charge is -2.09. The molecule has 0 fully saturated rings. The Balaban J connectivity index is 1.82. The number of amides is 1. The molecular formula is C16H15Cl2NO2. The fraction of sp³-hybridized carbons (Fsp3) is 0.188. The molecule has 0 atom stereocenters. The van der Waals surface area contributed by atoms with Gasteiger partial charge >= 0.3 is 0 Å². The van der Waals surface area contributed by atoms with Crippen LogP contribution in [0.2, 0.25) is 10.0 Å². The Bertz CT molecular complexity index is 644. The highest BCUT2D eigenvalue weighted by molar-refractivity contribution is 6.32. The molecule has 0 aliphatic rings. The normalized spacial score (nSPS) is 10.2. The van der Waals surface area contributed by atoms with Crippen molar-refractivity contribution >= 4 is 34.8 Å². The number of carbonyl (C=O) groups excluding carboxylic acids is 1. The SMILES string of the molecule is Cc1ccc(NC(=O)CCOc2ccccc2Cl)cc1Cl. The molecule has 0 saturated carbocycles. The van der Waals surface area contributed by atoms with Gasteiger partial charge in [-0.25, -0.2) is 0 Å². The molecule has 21 heavy (non-hydrogen) atoms. The van der Waals surface area contributed by atoms with E-state index in [9.17, 15) is 4.79 Å². The van der Waals surface area contributed by atoms with Gasteiger partial charge in [0.05, 0.1) is 18.1 Å². The molecule has 3 nitrogen and oxygen atoms in total. The lowest BCUT2D eigenvalue weighted by molar-refractivity contribution is -0.116. The Morgan fingerprint density at radius 1 is 1.14 bits per heavy atom. The van der Waals surface area contributed by atoms with E-state index in [2.05, 4.69) is 5.32 Å². The Kier molecular flexibility index (Phi) is 5.48. The van der Waals surface area contributed by atoms with Crippen LogP contribution in [-0.4, -0.2) is 12.5 Å². The van der Waals surface area contributed by atoms with Crippen LogP contribution in [0.1, 0.15) is 12.0 Å². The summed E-state index contributed by atoms with van der Waals surface area (Å²) in [6.45, 7) is 2.17. The molecule has 0 unspecified atom stereocenters. The Morgan fingerprint density at radius 3 is 2.62 bits per heavy atom. The second-order valence-electron chi connectivity index (χ2n) is 4.54. The van der Waals surface area contributed by atoms with E-state index in [4.69, 9.17) is 27.9 Å². The molecule has 0 aliphatic carbocycles. The second-order valence-corrected chi connectivity index (χ2v) is 5.36. The summed E-state index contributed by atoms with van der Waals surface area (Å²) in [5.41, 5.74) is 1.64. The smallest absolute Gasteiger partial charge is 0.227 e. The first-order chi connectivity index (χ1) is 10.1. The van der Waals surface area contributed by atoms with Crippen molar-refractivity contribution in [2.24, 2.45) is 0 Å². The Hall–Kier alpha value is -1.71. The third-order valence-electron chi connectivity index (χ3n) is 2.88. The Morgan fingerprint density at radius 2 is 1.90 bits per heavy atom. The number of rotatable bonds is 5. The molecule has 1 N–H and O–H groups in total. The van der Waals surface area contributed by atoms with E-state index in [-0.39, 0.29) is 18.9 Å². The molecule has 2 aromatic carbocycles. The van der Waals surface area contributed by atoms with Gasteiger partial charge in [-0.05, 0) is 36.8 Å². The van der Waals surface area contributed by atoms with Crippen molar-refractivity contribution in [3.8, 4) is 5.75 Å².